The smallest absolute Gasteiger partial charge is 0.316 e. The summed E-state index contributed by atoms with van der Waals surface area (Å²) >= 11 is 0. The molecule has 0 saturated heterocycles. The Kier molecular flexibility index (Phi) is 6.12. The van der Waals surface area contributed by atoms with E-state index in [1.54, 1.807) is 60.7 Å². The molecule has 0 radical (unpaired) electrons. The van der Waals surface area contributed by atoms with Gasteiger partial charge in [-0.05, 0) is 24.0 Å². The molecule has 3 N–H and O–H groups in total. The van der Waals surface area contributed by atoms with Crippen molar-refractivity contribution in [3.05, 3.63) is 71.8 Å². The molecule has 0 fully saturated rings. The maximum absolute atomic E-state index is 12.9. The third kappa shape index (κ3) is 4.78. The quantitative estimate of drug-likeness (QED) is 0.623. The molecule has 0 saturated carbocycles. The summed E-state index contributed by atoms with van der Waals surface area (Å²) in [5, 5.41) is 18.9. The number of hydrogen-bond acceptors (Lipinski definition) is 3. The van der Waals surface area contributed by atoms with Crippen LogP contribution in [0.2, 0.25) is 0 Å². The van der Waals surface area contributed by atoms with Gasteiger partial charge in [0.15, 0.2) is 0 Å². The highest BCUT2D eigenvalue weighted by molar-refractivity contribution is 7.61. The van der Waals surface area contributed by atoms with E-state index in [1.165, 1.54) is 0 Å². The molecule has 25 heavy (non-hydrogen) atoms. The molecule has 0 heterocycles. The minimum atomic E-state index is -4.56. The van der Waals surface area contributed by atoms with Crippen LogP contribution in [0.4, 0.5) is 0 Å². The van der Waals surface area contributed by atoms with Crippen LogP contribution in [0.15, 0.2) is 60.7 Å². The second-order valence-electron chi connectivity index (χ2n) is 5.76. The van der Waals surface area contributed by atoms with Gasteiger partial charge in [0.1, 0.15) is 11.3 Å². The average Bonchev–Trinajstić information content (AvgIpc) is 2.58. The standard InChI is InChI=1S/C18H19O6P/c19-17(20)15(11-13-7-3-1-4-8-13)25(23,24)16(18(21)22)12-14-9-5-2-6-10-14/h1-10,15-16H,11-12H2,(H,19,20)(H,21,22)(H,23,24). The van der Waals surface area contributed by atoms with Gasteiger partial charge in [-0.3, -0.25) is 14.2 Å². The van der Waals surface area contributed by atoms with E-state index in [0.29, 0.717) is 11.1 Å². The lowest BCUT2D eigenvalue weighted by Gasteiger charge is -2.25. The Labute approximate surface area is 145 Å². The van der Waals surface area contributed by atoms with Gasteiger partial charge in [-0.15, -0.1) is 0 Å². The molecule has 2 aromatic rings. The lowest BCUT2D eigenvalue weighted by molar-refractivity contribution is -0.136. The molecular weight excluding hydrogens is 343 g/mol. The van der Waals surface area contributed by atoms with Gasteiger partial charge in [-0.1, -0.05) is 60.7 Å². The molecule has 0 aromatic heterocycles. The van der Waals surface area contributed by atoms with Gasteiger partial charge in [0.25, 0.3) is 0 Å². The number of rotatable bonds is 8. The van der Waals surface area contributed by atoms with Crippen molar-refractivity contribution in [3.8, 4) is 0 Å². The van der Waals surface area contributed by atoms with Gasteiger partial charge in [0, 0.05) is 0 Å². The first-order valence-corrected chi connectivity index (χ1v) is 9.47. The molecule has 6 nitrogen and oxygen atoms in total. The minimum absolute atomic E-state index is 0.206. The Morgan fingerprint density at radius 3 is 1.36 bits per heavy atom. The van der Waals surface area contributed by atoms with Crippen molar-refractivity contribution in [2.45, 2.75) is 24.2 Å². The summed E-state index contributed by atoms with van der Waals surface area (Å²) in [5.41, 5.74) is -2.24. The van der Waals surface area contributed by atoms with Crippen LogP contribution in [0.3, 0.4) is 0 Å². The van der Waals surface area contributed by atoms with Crippen LogP contribution in [0.5, 0.6) is 0 Å². The Balaban J connectivity index is 2.33. The van der Waals surface area contributed by atoms with E-state index < -0.39 is 30.6 Å². The second-order valence-corrected chi connectivity index (χ2v) is 8.35. The van der Waals surface area contributed by atoms with Gasteiger partial charge >= 0.3 is 11.9 Å². The number of hydrogen-bond donors (Lipinski definition) is 3. The fourth-order valence-corrected chi connectivity index (χ4v) is 4.66. The van der Waals surface area contributed by atoms with Crippen molar-refractivity contribution in [2.24, 2.45) is 0 Å². The van der Waals surface area contributed by atoms with E-state index in [4.69, 9.17) is 0 Å². The second kappa shape index (κ2) is 8.10. The van der Waals surface area contributed by atoms with Crippen molar-refractivity contribution < 1.29 is 29.3 Å². The van der Waals surface area contributed by atoms with E-state index in [-0.39, 0.29) is 12.8 Å². The molecule has 0 spiro atoms. The normalized spacial score (nSPS) is 15.7. The zero-order valence-electron chi connectivity index (χ0n) is 13.4. The van der Waals surface area contributed by atoms with Gasteiger partial charge < -0.3 is 15.1 Å². The molecule has 132 valence electrons. The molecule has 2 atom stereocenters. The van der Waals surface area contributed by atoms with Crippen molar-refractivity contribution in [1.29, 1.82) is 0 Å². The Bertz CT molecular complexity index is 711. The summed E-state index contributed by atoms with van der Waals surface area (Å²) in [6, 6.07) is 16.8. The summed E-state index contributed by atoms with van der Waals surface area (Å²) in [4.78, 5) is 33.7. The molecule has 0 amide bonds. The third-order valence-corrected chi connectivity index (χ3v) is 6.60. The van der Waals surface area contributed by atoms with Crippen LogP contribution in [0.1, 0.15) is 11.1 Å². The lowest BCUT2D eigenvalue weighted by atomic mass is 10.1. The number of carboxylic acids is 2. The van der Waals surface area contributed by atoms with Crippen LogP contribution < -0.4 is 0 Å². The highest BCUT2D eigenvalue weighted by atomic mass is 31.2. The maximum Gasteiger partial charge on any atom is 0.316 e. The van der Waals surface area contributed by atoms with Crippen LogP contribution >= 0.6 is 7.37 Å². The van der Waals surface area contributed by atoms with E-state index in [1.807, 2.05) is 0 Å². The summed E-state index contributed by atoms with van der Waals surface area (Å²) in [7, 11) is -4.56. The fraction of sp³-hybridized carbons (Fsp3) is 0.222. The van der Waals surface area contributed by atoms with Crippen molar-refractivity contribution in [3.63, 3.8) is 0 Å². The molecule has 0 aliphatic carbocycles. The van der Waals surface area contributed by atoms with E-state index >= 15 is 0 Å². The topological polar surface area (TPSA) is 112 Å². The number of benzene rings is 2. The summed E-state index contributed by atoms with van der Waals surface area (Å²) < 4.78 is 12.9. The SMILES string of the molecule is O=C(O)C(Cc1ccccc1)P(=O)(O)C(Cc1ccccc1)C(=O)O. The van der Waals surface area contributed by atoms with Crippen molar-refractivity contribution in [2.75, 3.05) is 0 Å². The number of carbonyl (C=O) groups is 2. The third-order valence-electron chi connectivity index (χ3n) is 4.01. The van der Waals surface area contributed by atoms with Gasteiger partial charge in [0.05, 0.1) is 0 Å². The Hall–Kier alpha value is -2.43. The fourth-order valence-electron chi connectivity index (χ4n) is 2.64. The summed E-state index contributed by atoms with van der Waals surface area (Å²) in [6.45, 7) is 0. The molecule has 7 heteroatoms. The highest BCUT2D eigenvalue weighted by Crippen LogP contribution is 2.53. The molecule has 0 aliphatic rings. The van der Waals surface area contributed by atoms with E-state index in [0.717, 1.165) is 0 Å². The van der Waals surface area contributed by atoms with Gasteiger partial charge in [0.2, 0.25) is 7.37 Å². The monoisotopic (exact) mass is 362 g/mol. The van der Waals surface area contributed by atoms with E-state index in [2.05, 4.69) is 0 Å². The molecule has 0 bridgehead atoms. The van der Waals surface area contributed by atoms with Crippen LogP contribution in [0.25, 0.3) is 0 Å². The predicted molar refractivity (Wildman–Crippen MR) is 93.0 cm³/mol. The minimum Gasteiger partial charge on any atom is -0.481 e. The van der Waals surface area contributed by atoms with Crippen molar-refractivity contribution in [1.82, 2.24) is 0 Å². The molecule has 2 rings (SSSR count). The molecular formula is C18H19O6P. The average molecular weight is 362 g/mol. The van der Waals surface area contributed by atoms with Gasteiger partial charge in [-0.25, -0.2) is 0 Å². The zero-order valence-corrected chi connectivity index (χ0v) is 14.3. The first-order chi connectivity index (χ1) is 11.8. The Morgan fingerprint density at radius 1 is 0.760 bits per heavy atom. The first-order valence-electron chi connectivity index (χ1n) is 7.68. The maximum atomic E-state index is 12.9. The zero-order chi connectivity index (χ0) is 18.4. The molecule has 2 aromatic carbocycles. The van der Waals surface area contributed by atoms with Gasteiger partial charge in [-0.2, -0.15) is 0 Å². The lowest BCUT2D eigenvalue weighted by Crippen LogP contribution is -2.33. The summed E-state index contributed by atoms with van der Waals surface area (Å²) in [5.74, 6) is -2.96. The molecule has 2 unspecified atom stereocenters. The predicted octanol–water partition coefficient (Wildman–Crippen LogP) is 2.65. The number of carboxylic acid groups (broad SMARTS) is 2. The van der Waals surface area contributed by atoms with Crippen molar-refractivity contribution >= 4 is 19.3 Å². The van der Waals surface area contributed by atoms with Crippen LogP contribution in [-0.2, 0) is 27.0 Å². The van der Waals surface area contributed by atoms with E-state index in [9.17, 15) is 29.3 Å². The van der Waals surface area contributed by atoms with Crippen LogP contribution in [0, 0.1) is 0 Å². The Morgan fingerprint density at radius 2 is 1.08 bits per heavy atom. The van der Waals surface area contributed by atoms with Crippen LogP contribution in [-0.4, -0.2) is 38.4 Å². The highest BCUT2D eigenvalue weighted by Gasteiger charge is 2.47. The summed E-state index contributed by atoms with van der Waals surface area (Å²) in [6.07, 6.45) is -0.412. The molecule has 0 aliphatic heterocycles. The number of aliphatic carboxylic acids is 2. The first kappa shape index (κ1) is 18.9. The largest absolute Gasteiger partial charge is 0.481 e.